The summed E-state index contributed by atoms with van der Waals surface area (Å²) < 4.78 is 30.7. The van der Waals surface area contributed by atoms with Gasteiger partial charge in [-0.3, -0.25) is 9.48 Å². The summed E-state index contributed by atoms with van der Waals surface area (Å²) in [6, 6.07) is 6.27. The molecule has 1 aromatic heterocycles. The van der Waals surface area contributed by atoms with Crippen LogP contribution in [0.1, 0.15) is 21.7 Å². The lowest BCUT2D eigenvalue weighted by molar-refractivity contribution is -0.0494. The van der Waals surface area contributed by atoms with Crippen LogP contribution < -0.4 is 10.1 Å². The van der Waals surface area contributed by atoms with Crippen molar-refractivity contribution in [3.8, 4) is 5.75 Å². The Balaban J connectivity index is 2.26. The van der Waals surface area contributed by atoms with E-state index in [2.05, 4.69) is 15.2 Å². The van der Waals surface area contributed by atoms with Gasteiger partial charge in [-0.2, -0.15) is 13.9 Å². The van der Waals surface area contributed by atoms with Crippen LogP contribution in [0.25, 0.3) is 0 Å². The molecule has 1 aromatic carbocycles. The second-order valence-electron chi connectivity index (χ2n) is 4.63. The van der Waals surface area contributed by atoms with E-state index in [1.165, 1.54) is 16.8 Å². The van der Waals surface area contributed by atoms with Crippen molar-refractivity contribution in [3.63, 3.8) is 0 Å². The van der Waals surface area contributed by atoms with Gasteiger partial charge in [0.1, 0.15) is 11.4 Å². The van der Waals surface area contributed by atoms with Crippen molar-refractivity contribution < 1.29 is 18.3 Å². The van der Waals surface area contributed by atoms with Crippen LogP contribution in [-0.2, 0) is 7.05 Å². The monoisotopic (exact) mass is 295 g/mol. The second-order valence-corrected chi connectivity index (χ2v) is 4.63. The van der Waals surface area contributed by atoms with Crippen LogP contribution in [0.2, 0.25) is 0 Å². The van der Waals surface area contributed by atoms with Gasteiger partial charge in [-0.1, -0.05) is 6.07 Å². The molecule has 0 saturated carbocycles. The number of aromatic nitrogens is 2. The van der Waals surface area contributed by atoms with Gasteiger partial charge in [0.25, 0.3) is 5.91 Å². The van der Waals surface area contributed by atoms with E-state index < -0.39 is 12.5 Å². The molecule has 7 heteroatoms. The number of aryl methyl sites for hydroxylation is 3. The van der Waals surface area contributed by atoms with Crippen molar-refractivity contribution >= 4 is 11.6 Å². The van der Waals surface area contributed by atoms with E-state index in [-0.39, 0.29) is 11.4 Å². The molecule has 0 fully saturated rings. The smallest absolute Gasteiger partial charge is 0.387 e. The molecule has 0 radical (unpaired) electrons. The lowest BCUT2D eigenvalue weighted by Crippen LogP contribution is -2.17. The van der Waals surface area contributed by atoms with Crippen LogP contribution in [-0.4, -0.2) is 22.3 Å². The second kappa shape index (κ2) is 5.90. The number of anilines is 1. The number of ether oxygens (including phenoxy) is 1. The topological polar surface area (TPSA) is 56.2 Å². The number of hydrogen-bond acceptors (Lipinski definition) is 3. The Hall–Kier alpha value is -2.44. The summed E-state index contributed by atoms with van der Waals surface area (Å²) in [7, 11) is 1.63. The molecule has 0 unspecified atom stereocenters. The molecule has 2 rings (SSSR count). The average Bonchev–Trinajstić information content (AvgIpc) is 2.71. The summed E-state index contributed by atoms with van der Waals surface area (Å²) in [5.41, 5.74) is 1.96. The molecule has 0 atom stereocenters. The van der Waals surface area contributed by atoms with Crippen LogP contribution in [0.3, 0.4) is 0 Å². The molecular formula is C14H15F2N3O2. The minimum atomic E-state index is -2.96. The predicted octanol–water partition coefficient (Wildman–Crippen LogP) is 2.89. The third-order valence-electron chi connectivity index (χ3n) is 2.84. The maximum absolute atomic E-state index is 12.4. The fourth-order valence-electron chi connectivity index (χ4n) is 1.94. The molecule has 0 aliphatic rings. The van der Waals surface area contributed by atoms with Crippen LogP contribution in [0.15, 0.2) is 24.3 Å². The van der Waals surface area contributed by atoms with Crippen LogP contribution >= 0.6 is 0 Å². The number of benzene rings is 1. The molecule has 1 N–H and O–H groups in total. The van der Waals surface area contributed by atoms with E-state index in [0.717, 1.165) is 5.56 Å². The van der Waals surface area contributed by atoms with Gasteiger partial charge in [0.15, 0.2) is 0 Å². The van der Waals surface area contributed by atoms with Gasteiger partial charge in [-0.15, -0.1) is 0 Å². The molecule has 0 saturated heterocycles. The Morgan fingerprint density at radius 1 is 1.33 bits per heavy atom. The number of carbonyl (C=O) groups is 1. The van der Waals surface area contributed by atoms with E-state index in [0.29, 0.717) is 11.4 Å². The first-order valence-corrected chi connectivity index (χ1v) is 6.24. The van der Waals surface area contributed by atoms with E-state index in [4.69, 9.17) is 0 Å². The Morgan fingerprint density at radius 2 is 2.05 bits per heavy atom. The summed E-state index contributed by atoms with van der Waals surface area (Å²) in [4.78, 5) is 12.2. The minimum absolute atomic E-state index is 0.0720. The summed E-state index contributed by atoms with van der Waals surface area (Å²) in [5, 5.41) is 6.62. The van der Waals surface area contributed by atoms with Crippen molar-refractivity contribution in [2.75, 3.05) is 5.32 Å². The van der Waals surface area contributed by atoms with E-state index in [1.807, 2.05) is 0 Å². The van der Waals surface area contributed by atoms with Crippen LogP contribution in [0.5, 0.6) is 5.75 Å². The van der Waals surface area contributed by atoms with Crippen molar-refractivity contribution in [2.24, 2.45) is 7.05 Å². The Morgan fingerprint density at radius 3 is 2.62 bits per heavy atom. The summed E-state index contributed by atoms with van der Waals surface area (Å²) in [6.45, 7) is 0.545. The molecule has 1 amide bonds. The fourth-order valence-corrected chi connectivity index (χ4v) is 1.94. The quantitative estimate of drug-likeness (QED) is 0.943. The maximum Gasteiger partial charge on any atom is 0.387 e. The molecule has 0 aliphatic heterocycles. The zero-order valence-electron chi connectivity index (χ0n) is 11.9. The summed E-state index contributed by atoms with van der Waals surface area (Å²) in [6.07, 6.45) is 0. The molecule has 21 heavy (non-hydrogen) atoms. The number of halogens is 2. The number of nitrogens with one attached hydrogen (secondary N) is 1. The molecular weight excluding hydrogens is 280 g/mol. The highest BCUT2D eigenvalue weighted by atomic mass is 19.3. The zero-order valence-corrected chi connectivity index (χ0v) is 11.9. The van der Waals surface area contributed by atoms with Gasteiger partial charge in [0, 0.05) is 7.05 Å². The third-order valence-corrected chi connectivity index (χ3v) is 2.84. The third kappa shape index (κ3) is 3.56. The number of hydrogen-bond donors (Lipinski definition) is 1. The number of rotatable bonds is 4. The highest BCUT2D eigenvalue weighted by Crippen LogP contribution is 2.27. The molecule has 0 spiro atoms. The average molecular weight is 295 g/mol. The van der Waals surface area contributed by atoms with Crippen LogP contribution in [0.4, 0.5) is 14.5 Å². The van der Waals surface area contributed by atoms with Crippen molar-refractivity contribution in [1.29, 1.82) is 0 Å². The Bertz CT molecular complexity index is 668. The molecule has 112 valence electrons. The zero-order chi connectivity index (χ0) is 15.6. The van der Waals surface area contributed by atoms with Crippen molar-refractivity contribution in [3.05, 3.63) is 41.2 Å². The summed E-state index contributed by atoms with van der Waals surface area (Å²) >= 11 is 0. The Kier molecular flexibility index (Phi) is 4.21. The first kappa shape index (κ1) is 15.0. The van der Waals surface area contributed by atoms with E-state index in [9.17, 15) is 13.6 Å². The van der Waals surface area contributed by atoms with Crippen molar-refractivity contribution in [2.45, 2.75) is 20.5 Å². The molecule has 0 bridgehead atoms. The van der Waals surface area contributed by atoms with E-state index in [1.54, 1.807) is 33.0 Å². The first-order chi connectivity index (χ1) is 9.86. The predicted molar refractivity (Wildman–Crippen MR) is 73.7 cm³/mol. The Labute approximate surface area is 120 Å². The molecule has 2 aromatic rings. The van der Waals surface area contributed by atoms with Crippen molar-refractivity contribution in [1.82, 2.24) is 9.78 Å². The maximum atomic E-state index is 12.4. The van der Waals surface area contributed by atoms with Crippen LogP contribution in [0, 0.1) is 13.8 Å². The fraction of sp³-hybridized carbons (Fsp3) is 0.286. The number of nitrogens with zero attached hydrogens (tertiary/aromatic N) is 2. The highest BCUT2D eigenvalue weighted by molar-refractivity contribution is 6.04. The SMILES string of the molecule is Cc1ccc(NC(=O)c2cc(C)nn2C)c(OC(F)F)c1. The van der Waals surface area contributed by atoms with Gasteiger partial charge in [0.05, 0.1) is 11.4 Å². The number of amides is 1. The first-order valence-electron chi connectivity index (χ1n) is 6.24. The minimum Gasteiger partial charge on any atom is -0.433 e. The highest BCUT2D eigenvalue weighted by Gasteiger charge is 2.16. The molecule has 0 aliphatic carbocycles. The molecule has 5 nitrogen and oxygen atoms in total. The number of alkyl halides is 2. The number of carbonyl (C=O) groups excluding carboxylic acids is 1. The van der Waals surface area contributed by atoms with Gasteiger partial charge in [0.2, 0.25) is 0 Å². The van der Waals surface area contributed by atoms with E-state index >= 15 is 0 Å². The lowest BCUT2D eigenvalue weighted by atomic mass is 10.2. The largest absolute Gasteiger partial charge is 0.433 e. The summed E-state index contributed by atoms with van der Waals surface area (Å²) in [5.74, 6) is -0.515. The normalized spacial score (nSPS) is 10.8. The standard InChI is InChI=1S/C14H15F2N3O2/c1-8-4-5-10(12(6-8)21-14(15)16)17-13(20)11-7-9(2)18-19(11)3/h4-7,14H,1-3H3,(H,17,20). The lowest BCUT2D eigenvalue weighted by Gasteiger charge is -2.12. The van der Waals surface area contributed by atoms with Gasteiger partial charge < -0.3 is 10.1 Å². The van der Waals surface area contributed by atoms with Gasteiger partial charge >= 0.3 is 6.61 Å². The van der Waals surface area contributed by atoms with Gasteiger partial charge in [-0.05, 0) is 37.6 Å². The molecule has 1 heterocycles. The van der Waals surface area contributed by atoms with Gasteiger partial charge in [-0.25, -0.2) is 0 Å².